The van der Waals surface area contributed by atoms with Crippen LogP contribution in [0, 0.1) is 5.92 Å². The molecule has 0 aliphatic carbocycles. The SMILES string of the molecule is CCCC(CCO)CN=C(NCC)NCCCN1C(=O)COc2ccccc21.I. The van der Waals surface area contributed by atoms with Gasteiger partial charge in [-0.25, -0.2) is 0 Å². The van der Waals surface area contributed by atoms with Crippen molar-refractivity contribution in [2.75, 3.05) is 44.3 Å². The zero-order valence-electron chi connectivity index (χ0n) is 17.5. The average Bonchev–Trinajstić information content (AvgIpc) is 2.70. The Balaban J connectivity index is 0.00000420. The molecule has 7 nitrogen and oxygen atoms in total. The van der Waals surface area contributed by atoms with E-state index in [0.29, 0.717) is 19.0 Å². The zero-order chi connectivity index (χ0) is 20.2. The van der Waals surface area contributed by atoms with Gasteiger partial charge in [0.05, 0.1) is 5.69 Å². The number of hydrogen-bond donors (Lipinski definition) is 3. The van der Waals surface area contributed by atoms with Crippen LogP contribution >= 0.6 is 24.0 Å². The molecule has 1 amide bonds. The summed E-state index contributed by atoms with van der Waals surface area (Å²) in [7, 11) is 0. The number of aliphatic hydroxyl groups excluding tert-OH is 1. The summed E-state index contributed by atoms with van der Waals surface area (Å²) in [6.07, 6.45) is 3.76. The Kier molecular flexibility index (Phi) is 12.7. The Hall–Kier alpha value is -1.55. The van der Waals surface area contributed by atoms with E-state index in [9.17, 15) is 9.90 Å². The van der Waals surface area contributed by atoms with Gasteiger partial charge in [-0.05, 0) is 44.2 Å². The molecule has 1 aromatic rings. The summed E-state index contributed by atoms with van der Waals surface area (Å²) in [4.78, 5) is 18.7. The van der Waals surface area contributed by atoms with Crippen LogP contribution in [0.5, 0.6) is 5.75 Å². The second-order valence-electron chi connectivity index (χ2n) is 6.97. The highest BCUT2D eigenvalue weighted by Crippen LogP contribution is 2.31. The number of amides is 1. The van der Waals surface area contributed by atoms with Crippen LogP contribution in [0.25, 0.3) is 0 Å². The Bertz CT molecular complexity index is 636. The molecule has 3 N–H and O–H groups in total. The Morgan fingerprint density at radius 1 is 1.28 bits per heavy atom. The normalized spacial score (nSPS) is 14.5. The quantitative estimate of drug-likeness (QED) is 0.182. The van der Waals surface area contributed by atoms with Gasteiger partial charge in [-0.15, -0.1) is 24.0 Å². The van der Waals surface area contributed by atoms with E-state index in [-0.39, 0.29) is 43.1 Å². The number of benzene rings is 1. The number of halogens is 1. The molecule has 29 heavy (non-hydrogen) atoms. The van der Waals surface area contributed by atoms with Crippen LogP contribution in [-0.2, 0) is 4.79 Å². The zero-order valence-corrected chi connectivity index (χ0v) is 19.9. The number of guanidine groups is 1. The summed E-state index contributed by atoms with van der Waals surface area (Å²) in [6.45, 7) is 7.35. The van der Waals surface area contributed by atoms with E-state index >= 15 is 0 Å². The molecule has 0 aromatic heterocycles. The van der Waals surface area contributed by atoms with Gasteiger partial charge >= 0.3 is 0 Å². The minimum Gasteiger partial charge on any atom is -0.482 e. The molecule has 1 heterocycles. The van der Waals surface area contributed by atoms with Crippen molar-refractivity contribution in [3.05, 3.63) is 24.3 Å². The van der Waals surface area contributed by atoms with Gasteiger partial charge in [0.25, 0.3) is 5.91 Å². The van der Waals surface area contributed by atoms with Gasteiger partial charge in [0, 0.05) is 32.8 Å². The lowest BCUT2D eigenvalue weighted by atomic mass is 10.0. The average molecular weight is 518 g/mol. The number of nitrogens with one attached hydrogen (secondary N) is 2. The molecule has 0 bridgehead atoms. The minimum absolute atomic E-state index is 0. The predicted octanol–water partition coefficient (Wildman–Crippen LogP) is 2.77. The van der Waals surface area contributed by atoms with Crippen molar-refractivity contribution in [2.24, 2.45) is 10.9 Å². The van der Waals surface area contributed by atoms with Crippen molar-refractivity contribution < 1.29 is 14.6 Å². The molecular weight excluding hydrogens is 483 g/mol. The number of nitrogens with zero attached hydrogens (tertiary/aromatic N) is 2. The fraction of sp³-hybridized carbons (Fsp3) is 0.619. The standard InChI is InChI=1S/C21H34N4O3.HI/c1-3-8-17(11-14-26)15-24-21(22-4-2)23-12-7-13-25-18-9-5-6-10-19(18)28-16-20(25)27;/h5-6,9-10,17,26H,3-4,7-8,11-16H2,1-2H3,(H2,22,23,24);1H. The minimum atomic E-state index is -0.00863. The van der Waals surface area contributed by atoms with Crippen molar-refractivity contribution in [3.63, 3.8) is 0 Å². The first-order chi connectivity index (χ1) is 13.7. The number of para-hydroxylation sites is 2. The van der Waals surface area contributed by atoms with Crippen LogP contribution < -0.4 is 20.3 Å². The maximum atomic E-state index is 12.2. The van der Waals surface area contributed by atoms with E-state index in [1.165, 1.54) is 0 Å². The topological polar surface area (TPSA) is 86.2 Å². The molecule has 0 spiro atoms. The molecule has 0 radical (unpaired) electrons. The number of carbonyl (C=O) groups excluding carboxylic acids is 1. The van der Waals surface area contributed by atoms with Crippen molar-refractivity contribution in [3.8, 4) is 5.75 Å². The molecule has 1 unspecified atom stereocenters. The van der Waals surface area contributed by atoms with Crippen molar-refractivity contribution in [1.82, 2.24) is 10.6 Å². The van der Waals surface area contributed by atoms with E-state index in [4.69, 9.17) is 4.74 Å². The maximum Gasteiger partial charge on any atom is 0.265 e. The number of carbonyl (C=O) groups is 1. The summed E-state index contributed by atoms with van der Waals surface area (Å²) >= 11 is 0. The molecule has 2 rings (SSSR count). The van der Waals surface area contributed by atoms with Crippen LogP contribution in [0.2, 0.25) is 0 Å². The monoisotopic (exact) mass is 518 g/mol. The number of hydrogen-bond acceptors (Lipinski definition) is 4. The van der Waals surface area contributed by atoms with Gasteiger partial charge in [0.1, 0.15) is 5.75 Å². The highest BCUT2D eigenvalue weighted by molar-refractivity contribution is 14.0. The summed E-state index contributed by atoms with van der Waals surface area (Å²) in [5, 5.41) is 15.8. The van der Waals surface area contributed by atoms with Crippen LogP contribution in [0.15, 0.2) is 29.3 Å². The molecule has 8 heteroatoms. The second kappa shape index (κ2) is 14.4. The number of ether oxygens (including phenoxy) is 1. The van der Waals surface area contributed by atoms with Gasteiger partial charge in [0.15, 0.2) is 12.6 Å². The van der Waals surface area contributed by atoms with Crippen molar-refractivity contribution >= 4 is 41.5 Å². The largest absolute Gasteiger partial charge is 0.482 e. The summed E-state index contributed by atoms with van der Waals surface area (Å²) in [5.41, 5.74) is 0.839. The smallest absolute Gasteiger partial charge is 0.265 e. The van der Waals surface area contributed by atoms with E-state index in [0.717, 1.165) is 56.2 Å². The van der Waals surface area contributed by atoms with Gasteiger partial charge in [-0.2, -0.15) is 0 Å². The molecule has 0 saturated carbocycles. The number of rotatable bonds is 11. The molecule has 164 valence electrons. The Morgan fingerprint density at radius 2 is 2.07 bits per heavy atom. The molecule has 0 saturated heterocycles. The first kappa shape index (κ1) is 25.5. The maximum absolute atomic E-state index is 12.2. The molecule has 0 fully saturated rings. The fourth-order valence-corrected chi connectivity index (χ4v) is 3.32. The van der Waals surface area contributed by atoms with E-state index in [2.05, 4.69) is 22.5 Å². The summed E-state index contributed by atoms with van der Waals surface area (Å²) in [5.74, 6) is 1.95. The van der Waals surface area contributed by atoms with Gasteiger partial charge < -0.3 is 25.4 Å². The lowest BCUT2D eigenvalue weighted by Gasteiger charge is -2.29. The van der Waals surface area contributed by atoms with E-state index in [1.54, 1.807) is 4.90 Å². The van der Waals surface area contributed by atoms with E-state index in [1.807, 2.05) is 31.2 Å². The Morgan fingerprint density at radius 3 is 2.79 bits per heavy atom. The first-order valence-corrected chi connectivity index (χ1v) is 10.3. The molecule has 1 aromatic carbocycles. The second-order valence-corrected chi connectivity index (χ2v) is 6.97. The number of aliphatic imine (C=N–C) groups is 1. The van der Waals surface area contributed by atoms with Crippen molar-refractivity contribution in [2.45, 2.75) is 39.5 Å². The highest BCUT2D eigenvalue weighted by Gasteiger charge is 2.24. The molecule has 1 atom stereocenters. The fourth-order valence-electron chi connectivity index (χ4n) is 3.32. The van der Waals surface area contributed by atoms with Crippen LogP contribution in [0.3, 0.4) is 0 Å². The van der Waals surface area contributed by atoms with Crippen molar-refractivity contribution in [1.29, 1.82) is 0 Å². The van der Waals surface area contributed by atoms with Crippen LogP contribution in [0.4, 0.5) is 5.69 Å². The predicted molar refractivity (Wildman–Crippen MR) is 128 cm³/mol. The van der Waals surface area contributed by atoms with E-state index < -0.39 is 0 Å². The first-order valence-electron chi connectivity index (χ1n) is 10.3. The number of fused-ring (bicyclic) bond motifs is 1. The molecule has 1 aliphatic rings. The molecular formula is C21H35IN4O3. The third-order valence-corrected chi connectivity index (χ3v) is 4.75. The highest BCUT2D eigenvalue weighted by atomic mass is 127. The van der Waals surface area contributed by atoms with Gasteiger partial charge in [0.2, 0.25) is 0 Å². The van der Waals surface area contributed by atoms with Crippen LogP contribution in [-0.4, -0.2) is 56.4 Å². The Labute approximate surface area is 191 Å². The van der Waals surface area contributed by atoms with Gasteiger partial charge in [-0.1, -0.05) is 25.5 Å². The van der Waals surface area contributed by atoms with Crippen LogP contribution in [0.1, 0.15) is 39.5 Å². The number of anilines is 1. The number of aliphatic hydroxyl groups is 1. The van der Waals surface area contributed by atoms with Gasteiger partial charge in [-0.3, -0.25) is 9.79 Å². The molecule has 1 aliphatic heterocycles. The lowest BCUT2D eigenvalue weighted by Crippen LogP contribution is -2.42. The summed E-state index contributed by atoms with van der Waals surface area (Å²) < 4.78 is 5.48. The third-order valence-electron chi connectivity index (χ3n) is 4.75. The lowest BCUT2D eigenvalue weighted by molar-refractivity contribution is -0.121. The summed E-state index contributed by atoms with van der Waals surface area (Å²) in [6, 6.07) is 7.64. The third kappa shape index (κ3) is 8.38.